The lowest BCUT2D eigenvalue weighted by Crippen LogP contribution is -2.51. The number of urea groups is 1. The maximum Gasteiger partial charge on any atom is 0.338 e. The van der Waals surface area contributed by atoms with Crippen LogP contribution in [0.5, 0.6) is 0 Å². The number of hydrogen-bond donors (Lipinski definition) is 1. The van der Waals surface area contributed by atoms with Crippen LogP contribution < -0.4 is 5.32 Å². The van der Waals surface area contributed by atoms with Gasteiger partial charge >= 0.3 is 12.0 Å². The molecule has 1 atom stereocenters. The molecule has 1 N–H and O–H groups in total. The topological polar surface area (TPSA) is 82.2 Å². The highest BCUT2D eigenvalue weighted by Crippen LogP contribution is 2.38. The molecular weight excluding hydrogens is 491 g/mol. The van der Waals surface area contributed by atoms with Gasteiger partial charge in [0, 0.05) is 50.9 Å². The van der Waals surface area contributed by atoms with Gasteiger partial charge in [-0.15, -0.1) is 0 Å². The summed E-state index contributed by atoms with van der Waals surface area (Å²) in [5.74, 6) is -0.0518. The normalized spacial score (nSPS) is 21.6. The second-order valence-electron chi connectivity index (χ2n) is 9.08. The number of esters is 1. The first-order chi connectivity index (χ1) is 16.8. The molecular formula is C25H32Cl2N4O4. The lowest BCUT2D eigenvalue weighted by atomic mass is 9.94. The Hall–Kier alpha value is -2.29. The zero-order valence-electron chi connectivity index (χ0n) is 20.2. The quantitative estimate of drug-likeness (QED) is 0.550. The number of halogens is 2. The van der Waals surface area contributed by atoms with Crippen molar-refractivity contribution in [3.63, 3.8) is 0 Å². The summed E-state index contributed by atoms with van der Waals surface area (Å²) in [4.78, 5) is 44.8. The van der Waals surface area contributed by atoms with Crippen molar-refractivity contribution >= 4 is 41.1 Å². The average Bonchev–Trinajstić information content (AvgIpc) is 3.68. The van der Waals surface area contributed by atoms with Crippen molar-refractivity contribution in [1.29, 1.82) is 0 Å². The van der Waals surface area contributed by atoms with Crippen LogP contribution in [0, 0.1) is 5.92 Å². The number of likely N-dealkylation sites (N-methyl/N-ethyl adjacent to an activating group) is 1. The summed E-state index contributed by atoms with van der Waals surface area (Å²) in [5, 5.41) is 3.55. The van der Waals surface area contributed by atoms with Gasteiger partial charge in [-0.25, -0.2) is 9.59 Å². The highest BCUT2D eigenvalue weighted by molar-refractivity contribution is 6.42. The minimum atomic E-state index is -0.787. The SMILES string of the molecule is CCOC(=O)C1=C(CN2CCCN(C(=O)C3CC3)CC2)N(CC)C(=O)N[C@H]1c1cccc(Cl)c1Cl. The Kier molecular flexibility index (Phi) is 8.24. The molecule has 0 bridgehead atoms. The van der Waals surface area contributed by atoms with E-state index in [2.05, 4.69) is 10.2 Å². The van der Waals surface area contributed by atoms with E-state index in [1.807, 2.05) is 11.8 Å². The van der Waals surface area contributed by atoms with Crippen LogP contribution in [0.1, 0.15) is 44.7 Å². The number of nitrogens with zero attached hydrogens (tertiary/aromatic N) is 3. The Morgan fingerprint density at radius 2 is 1.89 bits per heavy atom. The van der Waals surface area contributed by atoms with Gasteiger partial charge in [-0.2, -0.15) is 0 Å². The molecule has 1 aliphatic carbocycles. The van der Waals surface area contributed by atoms with E-state index in [0.29, 0.717) is 48.0 Å². The molecule has 8 nitrogen and oxygen atoms in total. The predicted octanol–water partition coefficient (Wildman–Crippen LogP) is 3.84. The lowest BCUT2D eigenvalue weighted by molar-refractivity contribution is -0.139. The second-order valence-corrected chi connectivity index (χ2v) is 9.87. The van der Waals surface area contributed by atoms with E-state index in [-0.39, 0.29) is 29.5 Å². The third-order valence-electron chi connectivity index (χ3n) is 6.74. The Morgan fingerprint density at radius 1 is 1.11 bits per heavy atom. The predicted molar refractivity (Wildman–Crippen MR) is 134 cm³/mol. The Labute approximate surface area is 216 Å². The van der Waals surface area contributed by atoms with Gasteiger partial charge in [0.2, 0.25) is 5.91 Å². The van der Waals surface area contributed by atoms with Crippen molar-refractivity contribution in [3.8, 4) is 0 Å². The van der Waals surface area contributed by atoms with Crippen molar-refractivity contribution < 1.29 is 19.1 Å². The van der Waals surface area contributed by atoms with Crippen LogP contribution in [0.25, 0.3) is 0 Å². The Balaban J connectivity index is 1.68. The summed E-state index contributed by atoms with van der Waals surface area (Å²) in [6.07, 6.45) is 2.81. The molecule has 10 heteroatoms. The van der Waals surface area contributed by atoms with Gasteiger partial charge in [-0.1, -0.05) is 35.3 Å². The average molecular weight is 523 g/mol. The molecule has 2 aliphatic heterocycles. The molecule has 4 rings (SSSR count). The van der Waals surface area contributed by atoms with E-state index in [1.165, 1.54) is 0 Å². The molecule has 2 fully saturated rings. The van der Waals surface area contributed by atoms with E-state index in [9.17, 15) is 14.4 Å². The van der Waals surface area contributed by atoms with Gasteiger partial charge in [0.25, 0.3) is 0 Å². The van der Waals surface area contributed by atoms with Crippen LogP contribution >= 0.6 is 23.2 Å². The summed E-state index contributed by atoms with van der Waals surface area (Å²) in [7, 11) is 0. The fraction of sp³-hybridized carbons (Fsp3) is 0.560. The van der Waals surface area contributed by atoms with Crippen LogP contribution in [0.15, 0.2) is 29.5 Å². The van der Waals surface area contributed by atoms with Crippen molar-refractivity contribution in [3.05, 3.63) is 45.1 Å². The highest BCUT2D eigenvalue weighted by Gasteiger charge is 2.40. The van der Waals surface area contributed by atoms with Gasteiger partial charge in [0.1, 0.15) is 0 Å². The van der Waals surface area contributed by atoms with Crippen molar-refractivity contribution in [2.24, 2.45) is 5.92 Å². The number of rotatable bonds is 7. The number of hydrogen-bond acceptors (Lipinski definition) is 5. The molecule has 1 aromatic rings. The van der Waals surface area contributed by atoms with Crippen LogP contribution in [0.3, 0.4) is 0 Å². The molecule has 0 spiro atoms. The molecule has 35 heavy (non-hydrogen) atoms. The van der Waals surface area contributed by atoms with Gasteiger partial charge in [0.15, 0.2) is 0 Å². The maximum atomic E-state index is 13.3. The molecule has 1 saturated carbocycles. The second kappa shape index (κ2) is 11.2. The Bertz CT molecular complexity index is 1030. The van der Waals surface area contributed by atoms with Crippen LogP contribution in [-0.2, 0) is 14.3 Å². The number of ether oxygens (including phenoxy) is 1. The van der Waals surface area contributed by atoms with Gasteiger partial charge in [-0.05, 0) is 44.7 Å². The largest absolute Gasteiger partial charge is 0.463 e. The summed E-state index contributed by atoms with van der Waals surface area (Å²) in [5.41, 5.74) is 1.49. The fourth-order valence-corrected chi connectivity index (χ4v) is 5.20. The van der Waals surface area contributed by atoms with E-state index < -0.39 is 12.0 Å². The minimum absolute atomic E-state index is 0.195. The number of benzene rings is 1. The van der Waals surface area contributed by atoms with E-state index in [4.69, 9.17) is 27.9 Å². The Morgan fingerprint density at radius 3 is 2.57 bits per heavy atom. The lowest BCUT2D eigenvalue weighted by Gasteiger charge is -2.38. The first-order valence-electron chi connectivity index (χ1n) is 12.3. The van der Waals surface area contributed by atoms with E-state index in [1.54, 1.807) is 30.0 Å². The molecule has 1 aromatic carbocycles. The summed E-state index contributed by atoms with van der Waals surface area (Å²) in [6.45, 7) is 7.39. The molecule has 0 radical (unpaired) electrons. The van der Waals surface area contributed by atoms with E-state index in [0.717, 1.165) is 32.4 Å². The zero-order valence-corrected chi connectivity index (χ0v) is 21.7. The zero-order chi connectivity index (χ0) is 25.1. The van der Waals surface area contributed by atoms with Crippen molar-refractivity contribution in [2.45, 2.75) is 39.2 Å². The summed E-state index contributed by atoms with van der Waals surface area (Å²) < 4.78 is 5.43. The molecule has 0 unspecified atom stereocenters. The highest BCUT2D eigenvalue weighted by atomic mass is 35.5. The molecule has 2 heterocycles. The fourth-order valence-electron chi connectivity index (χ4n) is 4.78. The van der Waals surface area contributed by atoms with Crippen LogP contribution in [0.4, 0.5) is 4.79 Å². The van der Waals surface area contributed by atoms with Gasteiger partial charge in [-0.3, -0.25) is 14.6 Å². The smallest absolute Gasteiger partial charge is 0.338 e. The maximum absolute atomic E-state index is 13.3. The number of carbonyl (C=O) groups is 3. The first-order valence-corrected chi connectivity index (χ1v) is 13.0. The van der Waals surface area contributed by atoms with Crippen LogP contribution in [0.2, 0.25) is 10.0 Å². The van der Waals surface area contributed by atoms with E-state index >= 15 is 0 Å². The van der Waals surface area contributed by atoms with Crippen molar-refractivity contribution in [1.82, 2.24) is 20.0 Å². The van der Waals surface area contributed by atoms with Crippen molar-refractivity contribution in [2.75, 3.05) is 45.9 Å². The van der Waals surface area contributed by atoms with Gasteiger partial charge in [0.05, 0.1) is 28.3 Å². The standard InChI is InChI=1S/C25H32Cl2N4O4/c1-3-31-19(15-29-11-6-12-30(14-13-29)23(32)16-9-10-16)20(24(33)35-4-2)22(28-25(31)34)17-7-5-8-18(26)21(17)27/h5,7-8,16,22H,3-4,6,9-15H2,1-2H3,(H,28,34)/t22-/m0/s1. The molecule has 3 aliphatic rings. The third-order valence-corrected chi connectivity index (χ3v) is 7.58. The monoisotopic (exact) mass is 522 g/mol. The number of carbonyl (C=O) groups excluding carboxylic acids is 3. The molecule has 1 saturated heterocycles. The number of nitrogens with one attached hydrogen (secondary N) is 1. The first kappa shape index (κ1) is 25.8. The summed E-state index contributed by atoms with van der Waals surface area (Å²) in [6, 6.07) is 4.06. The number of amides is 3. The van der Waals surface area contributed by atoms with Gasteiger partial charge < -0.3 is 15.0 Å². The molecule has 0 aromatic heterocycles. The summed E-state index contributed by atoms with van der Waals surface area (Å²) >= 11 is 12.8. The molecule has 190 valence electrons. The third kappa shape index (κ3) is 5.60. The minimum Gasteiger partial charge on any atom is -0.463 e. The molecule has 3 amide bonds. The van der Waals surface area contributed by atoms with Crippen LogP contribution in [-0.4, -0.2) is 78.5 Å².